The van der Waals surface area contributed by atoms with Crippen molar-refractivity contribution in [2.45, 2.75) is 17.3 Å². The molecule has 3 aromatic carbocycles. The van der Waals surface area contributed by atoms with Gasteiger partial charge in [0.1, 0.15) is 6.61 Å². The van der Waals surface area contributed by atoms with Gasteiger partial charge in [-0.1, -0.05) is 84.6 Å². The summed E-state index contributed by atoms with van der Waals surface area (Å²) in [7, 11) is 0. The number of carbonyl (C=O) groups is 1. The van der Waals surface area contributed by atoms with E-state index in [2.05, 4.69) is 15.5 Å². The van der Waals surface area contributed by atoms with E-state index in [1.807, 2.05) is 84.9 Å². The molecule has 1 aliphatic heterocycles. The second kappa shape index (κ2) is 9.88. The molecule has 0 aliphatic carbocycles. The Hall–Kier alpha value is -3.98. The van der Waals surface area contributed by atoms with Crippen LogP contribution in [0, 0.1) is 0 Å². The van der Waals surface area contributed by atoms with Gasteiger partial charge in [0.15, 0.2) is 23.4 Å². The highest BCUT2D eigenvalue weighted by Gasteiger charge is 2.28. The van der Waals surface area contributed by atoms with Gasteiger partial charge in [-0.05, 0) is 23.3 Å². The lowest BCUT2D eigenvalue weighted by Crippen LogP contribution is -2.31. The van der Waals surface area contributed by atoms with Crippen LogP contribution in [-0.4, -0.2) is 33.1 Å². The summed E-state index contributed by atoms with van der Waals surface area (Å²) in [5.41, 5.74) is 2.01. The molecule has 5 rings (SSSR count). The van der Waals surface area contributed by atoms with Gasteiger partial charge in [-0.3, -0.25) is 4.79 Å². The summed E-state index contributed by atoms with van der Waals surface area (Å²) < 4.78 is 13.1. The van der Waals surface area contributed by atoms with Gasteiger partial charge in [-0.15, -0.1) is 10.2 Å². The third-order valence-corrected chi connectivity index (χ3v) is 6.33. The molecule has 0 spiro atoms. The van der Waals surface area contributed by atoms with Gasteiger partial charge in [0, 0.05) is 0 Å². The lowest BCUT2D eigenvalue weighted by molar-refractivity contribution is -0.119. The molecule has 0 unspecified atom stereocenters. The van der Waals surface area contributed by atoms with Gasteiger partial charge in [0.2, 0.25) is 11.1 Å². The molecule has 3 N–H and O–H groups in total. The molecule has 1 amide bonds. The Kier molecular flexibility index (Phi) is 6.35. The van der Waals surface area contributed by atoms with Crippen molar-refractivity contribution in [2.24, 2.45) is 0 Å². The third kappa shape index (κ3) is 4.69. The maximum atomic E-state index is 12.9. The summed E-state index contributed by atoms with van der Waals surface area (Å²) in [5.74, 6) is 7.96. The van der Waals surface area contributed by atoms with E-state index in [9.17, 15) is 4.79 Å². The van der Waals surface area contributed by atoms with Crippen LogP contribution >= 0.6 is 11.8 Å². The predicted octanol–water partition coefficient (Wildman–Crippen LogP) is 3.50. The summed E-state index contributed by atoms with van der Waals surface area (Å²) in [6.45, 7) is 0.271. The lowest BCUT2D eigenvalue weighted by Gasteiger charge is -2.25. The molecule has 0 saturated carbocycles. The zero-order valence-electron chi connectivity index (χ0n) is 18.2. The monoisotopic (exact) mass is 473 g/mol. The van der Waals surface area contributed by atoms with Crippen LogP contribution in [0.1, 0.15) is 29.1 Å². The Balaban J connectivity index is 1.25. The van der Waals surface area contributed by atoms with Crippen LogP contribution in [0.5, 0.6) is 11.5 Å². The number of nitrogens with two attached hydrogens (primary N) is 1. The van der Waals surface area contributed by atoms with Crippen LogP contribution in [0.15, 0.2) is 90.1 Å². The molecule has 1 atom stereocenters. The van der Waals surface area contributed by atoms with Crippen molar-refractivity contribution >= 4 is 17.7 Å². The minimum atomic E-state index is -0.490. The first-order valence-electron chi connectivity index (χ1n) is 10.8. The summed E-state index contributed by atoms with van der Waals surface area (Å²) in [6, 6.07) is 26.9. The SMILES string of the molecule is Nn1c(SCC(=O)NC(c2ccccc2)c2ccccc2)nnc1[C@H]1COc2ccccc2O1. The molecule has 172 valence electrons. The summed E-state index contributed by atoms with van der Waals surface area (Å²) >= 11 is 1.21. The van der Waals surface area contributed by atoms with E-state index in [4.69, 9.17) is 15.3 Å². The van der Waals surface area contributed by atoms with Crippen molar-refractivity contribution in [1.29, 1.82) is 0 Å². The minimum Gasteiger partial charge on any atom is -0.485 e. The number of rotatable bonds is 7. The minimum absolute atomic E-state index is 0.135. The van der Waals surface area contributed by atoms with Gasteiger partial charge in [-0.25, -0.2) is 4.68 Å². The quantitative estimate of drug-likeness (QED) is 0.313. The second-order valence-corrected chi connectivity index (χ2v) is 8.63. The lowest BCUT2D eigenvalue weighted by atomic mass is 9.99. The zero-order chi connectivity index (χ0) is 23.3. The first-order chi connectivity index (χ1) is 16.7. The molecule has 4 aromatic rings. The molecule has 34 heavy (non-hydrogen) atoms. The number of aromatic nitrogens is 3. The van der Waals surface area contributed by atoms with Crippen LogP contribution in [0.4, 0.5) is 0 Å². The molecule has 1 aliphatic rings. The number of ether oxygens (including phenoxy) is 2. The van der Waals surface area contributed by atoms with Gasteiger partial charge in [0.05, 0.1) is 11.8 Å². The second-order valence-electron chi connectivity index (χ2n) is 7.69. The maximum Gasteiger partial charge on any atom is 0.231 e. The maximum absolute atomic E-state index is 12.9. The number of para-hydroxylation sites is 2. The molecule has 8 nitrogen and oxygen atoms in total. The largest absolute Gasteiger partial charge is 0.485 e. The fourth-order valence-corrected chi connectivity index (χ4v) is 4.41. The van der Waals surface area contributed by atoms with E-state index in [0.29, 0.717) is 22.5 Å². The Bertz CT molecular complexity index is 1230. The van der Waals surface area contributed by atoms with Crippen LogP contribution in [0.3, 0.4) is 0 Å². The first-order valence-corrected chi connectivity index (χ1v) is 11.8. The number of nitrogens with zero attached hydrogens (tertiary/aromatic N) is 3. The molecule has 0 bridgehead atoms. The number of nitrogens with one attached hydrogen (secondary N) is 1. The molecular weight excluding hydrogens is 450 g/mol. The average Bonchev–Trinajstić information content (AvgIpc) is 3.26. The van der Waals surface area contributed by atoms with E-state index in [1.54, 1.807) is 0 Å². The van der Waals surface area contributed by atoms with E-state index in [0.717, 1.165) is 11.1 Å². The smallest absolute Gasteiger partial charge is 0.231 e. The predicted molar refractivity (Wildman–Crippen MR) is 129 cm³/mol. The third-order valence-electron chi connectivity index (χ3n) is 5.39. The Morgan fingerprint density at radius 1 is 0.971 bits per heavy atom. The number of amides is 1. The number of thioether (sulfide) groups is 1. The number of benzene rings is 3. The van der Waals surface area contributed by atoms with Crippen LogP contribution in [-0.2, 0) is 4.79 Å². The number of hydrogen-bond acceptors (Lipinski definition) is 7. The number of fused-ring (bicyclic) bond motifs is 1. The van der Waals surface area contributed by atoms with Crippen LogP contribution in [0.25, 0.3) is 0 Å². The Morgan fingerprint density at radius 3 is 2.26 bits per heavy atom. The van der Waals surface area contributed by atoms with Gasteiger partial charge >= 0.3 is 0 Å². The number of carbonyl (C=O) groups excluding carboxylic acids is 1. The molecule has 0 radical (unpaired) electrons. The van der Waals surface area contributed by atoms with Crippen LogP contribution in [0.2, 0.25) is 0 Å². The van der Waals surface area contributed by atoms with Crippen molar-refractivity contribution in [3.05, 3.63) is 102 Å². The Morgan fingerprint density at radius 2 is 1.59 bits per heavy atom. The molecule has 1 aromatic heterocycles. The summed E-state index contributed by atoms with van der Waals surface area (Å²) in [5, 5.41) is 11.9. The Labute approximate surface area is 201 Å². The molecule has 0 saturated heterocycles. The fraction of sp³-hybridized carbons (Fsp3) is 0.160. The molecule has 0 fully saturated rings. The van der Waals surface area contributed by atoms with Gasteiger partial charge in [0.25, 0.3) is 0 Å². The highest BCUT2D eigenvalue weighted by Crippen LogP contribution is 2.35. The van der Waals surface area contributed by atoms with E-state index < -0.39 is 6.10 Å². The number of nitrogen functional groups attached to an aromatic ring is 1. The standard InChI is InChI=1S/C25H23N5O3S/c26-30-24(21-15-32-19-13-7-8-14-20(19)33-21)28-29-25(30)34-16-22(31)27-23(17-9-3-1-4-10-17)18-11-5-2-6-12-18/h1-14,21,23H,15-16,26H2,(H,27,31)/t21-/m1/s1. The van der Waals surface area contributed by atoms with Crippen molar-refractivity contribution < 1.29 is 14.3 Å². The zero-order valence-corrected chi connectivity index (χ0v) is 19.0. The fourth-order valence-electron chi connectivity index (χ4n) is 3.74. The topological polar surface area (TPSA) is 104 Å². The van der Waals surface area contributed by atoms with Crippen molar-refractivity contribution in [3.8, 4) is 11.5 Å². The van der Waals surface area contributed by atoms with E-state index >= 15 is 0 Å². The highest BCUT2D eigenvalue weighted by atomic mass is 32.2. The van der Waals surface area contributed by atoms with Gasteiger partial charge < -0.3 is 20.6 Å². The molecular formula is C25H23N5O3S. The average molecular weight is 474 g/mol. The van der Waals surface area contributed by atoms with Gasteiger partial charge in [-0.2, -0.15) is 0 Å². The van der Waals surface area contributed by atoms with Crippen LogP contribution < -0.4 is 20.6 Å². The summed E-state index contributed by atoms with van der Waals surface area (Å²) in [6.07, 6.45) is -0.490. The van der Waals surface area contributed by atoms with Crippen molar-refractivity contribution in [3.63, 3.8) is 0 Å². The van der Waals surface area contributed by atoms with E-state index in [1.165, 1.54) is 16.4 Å². The molecule has 9 heteroatoms. The highest BCUT2D eigenvalue weighted by molar-refractivity contribution is 7.99. The van der Waals surface area contributed by atoms with Crippen molar-refractivity contribution in [1.82, 2.24) is 20.2 Å². The number of hydrogen-bond donors (Lipinski definition) is 2. The normalized spacial score (nSPS) is 14.7. The summed E-state index contributed by atoms with van der Waals surface area (Å²) in [4.78, 5) is 12.9. The van der Waals surface area contributed by atoms with E-state index in [-0.39, 0.29) is 24.3 Å². The first kappa shape index (κ1) is 21.8. The molecule has 2 heterocycles. The van der Waals surface area contributed by atoms with Crippen molar-refractivity contribution in [2.75, 3.05) is 18.2 Å².